The Hall–Kier alpha value is -0.410. The summed E-state index contributed by atoms with van der Waals surface area (Å²) in [7, 11) is 0. The second kappa shape index (κ2) is 4.47. The maximum atomic E-state index is 11.8. The molecule has 0 aliphatic rings. The Morgan fingerprint density at radius 1 is 1.78 bits per heavy atom. The summed E-state index contributed by atoms with van der Waals surface area (Å²) < 4.78 is 11.8. The highest BCUT2D eigenvalue weighted by Gasteiger charge is 2.00. The van der Waals surface area contributed by atoms with Crippen molar-refractivity contribution in [3.05, 3.63) is 11.6 Å². The fraction of sp³-hybridized carbons (Fsp3) is 0.667. The average molecular weight is 132 g/mol. The summed E-state index contributed by atoms with van der Waals surface area (Å²) >= 11 is 0. The van der Waals surface area contributed by atoms with Gasteiger partial charge in [-0.2, -0.15) is 0 Å². The van der Waals surface area contributed by atoms with Crippen molar-refractivity contribution in [2.45, 2.75) is 13.0 Å². The molecule has 0 amide bonds. The van der Waals surface area contributed by atoms with Crippen molar-refractivity contribution in [1.82, 2.24) is 0 Å². The summed E-state index contributed by atoms with van der Waals surface area (Å²) in [5, 5.41) is 0. The maximum Gasteiger partial charge on any atom is 0.108 e. The van der Waals surface area contributed by atoms with Gasteiger partial charge in [0.15, 0.2) is 0 Å². The van der Waals surface area contributed by atoms with Gasteiger partial charge >= 0.3 is 0 Å². The van der Waals surface area contributed by atoms with E-state index in [4.69, 9.17) is 11.5 Å². The number of hydrogen-bond acceptors (Lipinski definition) is 2. The molecular weight excluding hydrogens is 119 g/mol. The lowest BCUT2D eigenvalue weighted by Gasteiger charge is -2.05. The molecule has 0 saturated heterocycles. The molecule has 0 aliphatic carbocycles. The van der Waals surface area contributed by atoms with Crippen LogP contribution in [0.2, 0.25) is 0 Å². The number of alkyl halides is 1. The Bertz CT molecular complexity index is 101. The van der Waals surface area contributed by atoms with Crippen molar-refractivity contribution in [2.75, 3.05) is 13.2 Å². The number of rotatable bonds is 3. The SMILES string of the molecule is CC(=CCN)C(N)CF. The van der Waals surface area contributed by atoms with E-state index in [0.29, 0.717) is 6.54 Å². The van der Waals surface area contributed by atoms with Crippen LogP contribution >= 0.6 is 0 Å². The van der Waals surface area contributed by atoms with Crippen LogP contribution in [0.3, 0.4) is 0 Å². The topological polar surface area (TPSA) is 52.0 Å². The predicted molar refractivity (Wildman–Crippen MR) is 36.8 cm³/mol. The summed E-state index contributed by atoms with van der Waals surface area (Å²) in [6.45, 7) is 1.69. The van der Waals surface area contributed by atoms with Gasteiger partial charge in [0.2, 0.25) is 0 Å². The third-order valence-corrected chi connectivity index (χ3v) is 1.19. The van der Waals surface area contributed by atoms with Gasteiger partial charge in [0.25, 0.3) is 0 Å². The fourth-order valence-electron chi connectivity index (χ4n) is 0.459. The van der Waals surface area contributed by atoms with Gasteiger partial charge in [0.1, 0.15) is 6.67 Å². The monoisotopic (exact) mass is 132 g/mol. The van der Waals surface area contributed by atoms with E-state index in [2.05, 4.69) is 0 Å². The summed E-state index contributed by atoms with van der Waals surface area (Å²) in [5.41, 5.74) is 11.3. The van der Waals surface area contributed by atoms with Crippen LogP contribution in [0, 0.1) is 0 Å². The normalized spacial score (nSPS) is 15.8. The van der Waals surface area contributed by atoms with Crippen molar-refractivity contribution in [1.29, 1.82) is 0 Å². The first-order chi connectivity index (χ1) is 4.22. The molecule has 9 heavy (non-hydrogen) atoms. The van der Waals surface area contributed by atoms with Gasteiger partial charge in [-0.3, -0.25) is 0 Å². The largest absolute Gasteiger partial charge is 0.327 e. The third kappa shape index (κ3) is 3.21. The molecule has 0 aromatic carbocycles. The Morgan fingerprint density at radius 3 is 2.67 bits per heavy atom. The molecule has 0 heterocycles. The van der Waals surface area contributed by atoms with Crippen LogP contribution in [0.25, 0.3) is 0 Å². The first-order valence-electron chi connectivity index (χ1n) is 2.90. The van der Waals surface area contributed by atoms with E-state index >= 15 is 0 Å². The minimum atomic E-state index is -0.512. The zero-order valence-corrected chi connectivity index (χ0v) is 5.60. The molecule has 1 atom stereocenters. The summed E-state index contributed by atoms with van der Waals surface area (Å²) in [4.78, 5) is 0. The molecule has 0 bridgehead atoms. The lowest BCUT2D eigenvalue weighted by atomic mass is 10.1. The zero-order valence-electron chi connectivity index (χ0n) is 5.60. The zero-order chi connectivity index (χ0) is 7.28. The van der Waals surface area contributed by atoms with Gasteiger partial charge in [-0.05, 0) is 6.92 Å². The Kier molecular flexibility index (Phi) is 4.26. The van der Waals surface area contributed by atoms with E-state index in [-0.39, 0.29) is 0 Å². The molecule has 0 aliphatic heterocycles. The lowest BCUT2D eigenvalue weighted by molar-refractivity contribution is 0.455. The molecule has 0 radical (unpaired) electrons. The number of nitrogens with two attached hydrogens (primary N) is 2. The Morgan fingerprint density at radius 2 is 2.33 bits per heavy atom. The molecular formula is C6H13FN2. The van der Waals surface area contributed by atoms with Gasteiger partial charge in [-0.15, -0.1) is 0 Å². The summed E-state index contributed by atoms with van der Waals surface area (Å²) in [6.07, 6.45) is 1.73. The van der Waals surface area contributed by atoms with Crippen LogP contribution in [0.5, 0.6) is 0 Å². The van der Waals surface area contributed by atoms with E-state index in [0.717, 1.165) is 5.57 Å². The van der Waals surface area contributed by atoms with Crippen molar-refractivity contribution in [2.24, 2.45) is 11.5 Å². The van der Waals surface area contributed by atoms with Crippen LogP contribution < -0.4 is 11.5 Å². The highest BCUT2D eigenvalue weighted by atomic mass is 19.1. The molecule has 3 heteroatoms. The van der Waals surface area contributed by atoms with E-state index < -0.39 is 12.7 Å². The van der Waals surface area contributed by atoms with Crippen molar-refractivity contribution in [3.63, 3.8) is 0 Å². The molecule has 0 saturated carbocycles. The van der Waals surface area contributed by atoms with Gasteiger partial charge in [0.05, 0.1) is 6.04 Å². The molecule has 1 unspecified atom stereocenters. The quantitative estimate of drug-likeness (QED) is 0.538. The Labute approximate surface area is 54.7 Å². The van der Waals surface area contributed by atoms with Crippen LogP contribution in [0.4, 0.5) is 4.39 Å². The van der Waals surface area contributed by atoms with Crippen LogP contribution in [-0.4, -0.2) is 19.3 Å². The Balaban J connectivity index is 3.70. The number of halogens is 1. The molecule has 0 aromatic heterocycles. The highest BCUT2D eigenvalue weighted by molar-refractivity contribution is 5.06. The summed E-state index contributed by atoms with van der Waals surface area (Å²) in [5.74, 6) is 0. The predicted octanol–water partition coefficient (Wildman–Crippen LogP) is 0.188. The minimum Gasteiger partial charge on any atom is -0.327 e. The van der Waals surface area contributed by atoms with Crippen molar-refractivity contribution in [3.8, 4) is 0 Å². The maximum absolute atomic E-state index is 11.8. The van der Waals surface area contributed by atoms with E-state index in [1.165, 1.54) is 0 Å². The highest BCUT2D eigenvalue weighted by Crippen LogP contribution is 1.96. The second-order valence-corrected chi connectivity index (χ2v) is 1.94. The minimum absolute atomic E-state index is 0.430. The van der Waals surface area contributed by atoms with Gasteiger partial charge in [-0.1, -0.05) is 11.6 Å². The molecule has 54 valence electrons. The van der Waals surface area contributed by atoms with Gasteiger partial charge in [-0.25, -0.2) is 4.39 Å². The fourth-order valence-corrected chi connectivity index (χ4v) is 0.459. The lowest BCUT2D eigenvalue weighted by Crippen LogP contribution is -2.24. The molecule has 0 aromatic rings. The summed E-state index contributed by atoms with van der Waals surface area (Å²) in [6, 6.07) is -0.464. The van der Waals surface area contributed by atoms with Crippen molar-refractivity contribution >= 4 is 0 Å². The first kappa shape index (κ1) is 8.59. The van der Waals surface area contributed by atoms with Crippen LogP contribution in [0.15, 0.2) is 11.6 Å². The second-order valence-electron chi connectivity index (χ2n) is 1.94. The van der Waals surface area contributed by atoms with Gasteiger partial charge in [0, 0.05) is 6.54 Å². The van der Waals surface area contributed by atoms with Gasteiger partial charge < -0.3 is 11.5 Å². The molecule has 4 N–H and O–H groups in total. The van der Waals surface area contributed by atoms with E-state index in [1.54, 1.807) is 13.0 Å². The molecule has 0 rings (SSSR count). The molecule has 2 nitrogen and oxygen atoms in total. The first-order valence-corrected chi connectivity index (χ1v) is 2.90. The average Bonchev–Trinajstić information content (AvgIpc) is 1.87. The van der Waals surface area contributed by atoms with E-state index in [1.807, 2.05) is 0 Å². The number of hydrogen-bond donors (Lipinski definition) is 2. The molecule has 0 spiro atoms. The van der Waals surface area contributed by atoms with Crippen LogP contribution in [0.1, 0.15) is 6.92 Å². The standard InChI is InChI=1S/C6H13FN2/c1-5(2-3-8)6(9)4-7/h2,6H,3-4,8-9H2,1H3. The van der Waals surface area contributed by atoms with E-state index in [9.17, 15) is 4.39 Å². The smallest absolute Gasteiger partial charge is 0.108 e. The molecule has 0 fully saturated rings. The third-order valence-electron chi connectivity index (χ3n) is 1.19. The van der Waals surface area contributed by atoms with Crippen molar-refractivity contribution < 1.29 is 4.39 Å². The van der Waals surface area contributed by atoms with Crippen LogP contribution in [-0.2, 0) is 0 Å².